The van der Waals surface area contributed by atoms with Crippen molar-refractivity contribution in [3.05, 3.63) is 70.8 Å². The van der Waals surface area contributed by atoms with E-state index in [2.05, 4.69) is 30.7 Å². The van der Waals surface area contributed by atoms with Gasteiger partial charge in [0.15, 0.2) is 11.5 Å². The second kappa shape index (κ2) is 7.24. The number of nitrogens with one attached hydrogen (secondary N) is 2. The molecule has 0 aliphatic heterocycles. The topological polar surface area (TPSA) is 101 Å². The number of amides is 1. The number of benzene rings is 2. The van der Waals surface area contributed by atoms with Gasteiger partial charge in [0.05, 0.1) is 11.4 Å². The van der Waals surface area contributed by atoms with Crippen molar-refractivity contribution < 1.29 is 4.79 Å². The molecule has 2 aromatic heterocycles. The number of aromatic nitrogens is 6. The lowest BCUT2D eigenvalue weighted by Crippen LogP contribution is -2.14. The van der Waals surface area contributed by atoms with Gasteiger partial charge in [-0.05, 0) is 44.2 Å². The molecule has 0 spiro atoms. The fourth-order valence-corrected chi connectivity index (χ4v) is 2.89. The zero-order chi connectivity index (χ0) is 19.7. The zero-order valence-corrected chi connectivity index (χ0v) is 15.9. The summed E-state index contributed by atoms with van der Waals surface area (Å²) in [4.78, 5) is 18.4. The quantitative estimate of drug-likeness (QED) is 0.551. The number of nitrogens with zero attached hydrogens (tertiary/aromatic N) is 5. The smallest absolute Gasteiger partial charge is 0.278 e. The molecule has 0 atom stereocenters. The molecule has 9 heteroatoms. The summed E-state index contributed by atoms with van der Waals surface area (Å²) in [5.41, 5.74) is 2.83. The fourth-order valence-electron chi connectivity index (χ4n) is 2.70. The van der Waals surface area contributed by atoms with Crippen LogP contribution in [-0.4, -0.2) is 36.1 Å². The largest absolute Gasteiger partial charge is 0.321 e. The first-order chi connectivity index (χ1) is 13.5. The number of hydrogen-bond donors (Lipinski definition) is 2. The van der Waals surface area contributed by atoms with Crippen LogP contribution in [0.15, 0.2) is 48.5 Å². The lowest BCUT2D eigenvalue weighted by Gasteiger charge is -2.05. The molecule has 0 bridgehead atoms. The van der Waals surface area contributed by atoms with Gasteiger partial charge in [-0.1, -0.05) is 29.8 Å². The maximum absolute atomic E-state index is 12.7. The minimum absolute atomic E-state index is 0.235. The van der Waals surface area contributed by atoms with Gasteiger partial charge in [-0.2, -0.15) is 15.0 Å². The van der Waals surface area contributed by atoms with Crippen molar-refractivity contribution in [2.75, 3.05) is 5.32 Å². The van der Waals surface area contributed by atoms with Crippen molar-refractivity contribution >= 4 is 23.2 Å². The number of rotatable bonds is 4. The Labute approximate surface area is 165 Å². The van der Waals surface area contributed by atoms with E-state index in [1.807, 2.05) is 25.1 Å². The van der Waals surface area contributed by atoms with E-state index in [0.717, 1.165) is 11.4 Å². The van der Waals surface area contributed by atoms with Crippen LogP contribution in [0, 0.1) is 13.8 Å². The average Bonchev–Trinajstić information content (AvgIpc) is 3.28. The highest BCUT2D eigenvalue weighted by molar-refractivity contribution is 6.30. The summed E-state index contributed by atoms with van der Waals surface area (Å²) in [7, 11) is 0. The van der Waals surface area contributed by atoms with Gasteiger partial charge in [0.2, 0.25) is 0 Å². The Kier molecular flexibility index (Phi) is 4.62. The molecule has 0 saturated heterocycles. The second-order valence-electron chi connectivity index (χ2n) is 6.18. The number of hydrogen-bond acceptors (Lipinski definition) is 5. The first-order valence-electron chi connectivity index (χ1n) is 8.50. The Hall–Kier alpha value is -3.52. The van der Waals surface area contributed by atoms with E-state index in [0.29, 0.717) is 27.9 Å². The van der Waals surface area contributed by atoms with Gasteiger partial charge in [-0.25, -0.2) is 4.98 Å². The Bertz CT molecular complexity index is 1160. The molecule has 0 aliphatic carbocycles. The number of carbonyl (C=O) groups excluding carboxylic acids is 1. The Morgan fingerprint density at radius 1 is 1.11 bits per heavy atom. The minimum atomic E-state index is -0.353. The highest BCUT2D eigenvalue weighted by Gasteiger charge is 2.17. The predicted molar refractivity (Wildman–Crippen MR) is 106 cm³/mol. The number of carbonyl (C=O) groups is 1. The van der Waals surface area contributed by atoms with E-state index in [-0.39, 0.29) is 11.6 Å². The van der Waals surface area contributed by atoms with Crippen molar-refractivity contribution in [1.82, 2.24) is 30.2 Å². The van der Waals surface area contributed by atoms with E-state index in [4.69, 9.17) is 11.6 Å². The van der Waals surface area contributed by atoms with Gasteiger partial charge in [0.1, 0.15) is 5.82 Å². The van der Waals surface area contributed by atoms with Crippen molar-refractivity contribution in [3.8, 4) is 17.1 Å². The zero-order valence-electron chi connectivity index (χ0n) is 15.1. The normalized spacial score (nSPS) is 10.8. The average molecular weight is 394 g/mol. The lowest BCUT2D eigenvalue weighted by atomic mass is 10.2. The third kappa shape index (κ3) is 3.63. The molecular formula is C19H16ClN7O. The second-order valence-corrected chi connectivity index (χ2v) is 6.62. The molecule has 0 aliphatic rings. The number of aromatic amines is 1. The molecular weight excluding hydrogens is 378 g/mol. The van der Waals surface area contributed by atoms with Crippen molar-refractivity contribution in [1.29, 1.82) is 0 Å². The SMILES string of the molecule is Cc1nc(-c2cccc(NC(=O)c3nn(-c4cccc(Cl)c4)nc3C)c2)n[nH]1. The number of anilines is 1. The predicted octanol–water partition coefficient (Wildman–Crippen LogP) is 3.57. The fraction of sp³-hybridized carbons (Fsp3) is 0.105. The third-order valence-corrected chi connectivity index (χ3v) is 4.25. The molecule has 0 radical (unpaired) electrons. The molecule has 4 aromatic rings. The summed E-state index contributed by atoms with van der Waals surface area (Å²) >= 11 is 6.02. The maximum atomic E-state index is 12.7. The Morgan fingerprint density at radius 3 is 2.68 bits per heavy atom. The van der Waals surface area contributed by atoms with Gasteiger partial charge in [0, 0.05) is 16.3 Å². The standard InChI is InChI=1S/C19H16ClN7O/c1-11-17(26-27(25-11)16-8-4-6-14(20)10-16)19(28)22-15-7-3-5-13(9-15)18-21-12(2)23-24-18/h3-10H,1-2H3,(H,22,28)(H,21,23,24). The van der Waals surface area contributed by atoms with Crippen LogP contribution in [0.25, 0.3) is 17.1 Å². The molecule has 0 saturated carbocycles. The van der Waals surface area contributed by atoms with Gasteiger partial charge in [-0.15, -0.1) is 5.10 Å². The molecule has 140 valence electrons. The summed E-state index contributed by atoms with van der Waals surface area (Å²) in [6, 6.07) is 14.4. The van der Waals surface area contributed by atoms with Crippen LogP contribution in [-0.2, 0) is 0 Å². The summed E-state index contributed by atoms with van der Waals surface area (Å²) in [5.74, 6) is 0.934. The Morgan fingerprint density at radius 2 is 1.93 bits per heavy atom. The summed E-state index contributed by atoms with van der Waals surface area (Å²) in [6.07, 6.45) is 0. The number of H-pyrrole nitrogens is 1. The van der Waals surface area contributed by atoms with Gasteiger partial charge in [-0.3, -0.25) is 9.89 Å². The highest BCUT2D eigenvalue weighted by Crippen LogP contribution is 2.20. The van der Waals surface area contributed by atoms with Crippen molar-refractivity contribution in [2.24, 2.45) is 0 Å². The maximum Gasteiger partial charge on any atom is 0.278 e. The lowest BCUT2D eigenvalue weighted by molar-refractivity contribution is 0.102. The first-order valence-corrected chi connectivity index (χ1v) is 8.88. The van der Waals surface area contributed by atoms with Crippen LogP contribution in [0.2, 0.25) is 5.02 Å². The molecule has 4 rings (SSSR count). The van der Waals surface area contributed by atoms with E-state index >= 15 is 0 Å². The molecule has 2 aromatic carbocycles. The molecule has 2 heterocycles. The van der Waals surface area contributed by atoms with Crippen LogP contribution < -0.4 is 5.32 Å². The van der Waals surface area contributed by atoms with E-state index < -0.39 is 0 Å². The molecule has 28 heavy (non-hydrogen) atoms. The summed E-state index contributed by atoms with van der Waals surface area (Å²) < 4.78 is 0. The molecule has 1 amide bonds. The van der Waals surface area contributed by atoms with Gasteiger partial charge in [0.25, 0.3) is 5.91 Å². The minimum Gasteiger partial charge on any atom is -0.321 e. The van der Waals surface area contributed by atoms with Crippen molar-refractivity contribution in [3.63, 3.8) is 0 Å². The van der Waals surface area contributed by atoms with E-state index in [9.17, 15) is 4.79 Å². The van der Waals surface area contributed by atoms with Crippen LogP contribution >= 0.6 is 11.6 Å². The van der Waals surface area contributed by atoms with Gasteiger partial charge < -0.3 is 5.32 Å². The third-order valence-electron chi connectivity index (χ3n) is 4.01. The van der Waals surface area contributed by atoms with E-state index in [1.165, 1.54) is 4.80 Å². The first kappa shape index (κ1) is 17.9. The van der Waals surface area contributed by atoms with Crippen LogP contribution in [0.3, 0.4) is 0 Å². The molecule has 0 fully saturated rings. The number of aryl methyl sites for hydroxylation is 2. The monoisotopic (exact) mass is 393 g/mol. The van der Waals surface area contributed by atoms with E-state index in [1.54, 1.807) is 37.3 Å². The van der Waals surface area contributed by atoms with Crippen LogP contribution in [0.4, 0.5) is 5.69 Å². The van der Waals surface area contributed by atoms with Crippen LogP contribution in [0.1, 0.15) is 22.0 Å². The molecule has 0 unspecified atom stereocenters. The number of halogens is 1. The summed E-state index contributed by atoms with van der Waals surface area (Å²) in [5, 5.41) is 19.0. The van der Waals surface area contributed by atoms with Crippen LogP contribution in [0.5, 0.6) is 0 Å². The Balaban J connectivity index is 1.58. The molecule has 8 nitrogen and oxygen atoms in total. The summed E-state index contributed by atoms with van der Waals surface area (Å²) in [6.45, 7) is 3.56. The molecule has 2 N–H and O–H groups in total. The highest BCUT2D eigenvalue weighted by atomic mass is 35.5. The van der Waals surface area contributed by atoms with Crippen molar-refractivity contribution in [2.45, 2.75) is 13.8 Å². The van der Waals surface area contributed by atoms with Gasteiger partial charge >= 0.3 is 0 Å².